The van der Waals surface area contributed by atoms with E-state index in [0.29, 0.717) is 0 Å². The molecule has 2 nitrogen and oxygen atoms in total. The Morgan fingerprint density at radius 2 is 1.09 bits per heavy atom. The van der Waals surface area contributed by atoms with Gasteiger partial charge in [-0.3, -0.25) is 0 Å². The van der Waals surface area contributed by atoms with Gasteiger partial charge in [-0.25, -0.2) is 0 Å². The van der Waals surface area contributed by atoms with Crippen LogP contribution < -0.4 is 5.32 Å². The fourth-order valence-electron chi connectivity index (χ4n) is 0. The molecule has 0 aromatic carbocycles. The second-order valence-corrected chi connectivity index (χ2v) is 2.60. The molecular weight excluding hydrogens is 136 g/mol. The largest absolute Gasteiger partial charge is 0.323 e. The van der Waals surface area contributed by atoms with Gasteiger partial charge in [-0.2, -0.15) is 0 Å². The quantitative estimate of drug-likeness (QED) is 0.633. The van der Waals surface area contributed by atoms with Crippen LogP contribution in [-0.4, -0.2) is 39.6 Å². The van der Waals surface area contributed by atoms with E-state index in [1.807, 2.05) is 14.1 Å². The van der Waals surface area contributed by atoms with Gasteiger partial charge in [0.1, 0.15) is 0 Å². The number of hydrogen-bond acceptors (Lipinski definition) is 2. The highest BCUT2D eigenvalue weighted by Gasteiger charge is 1.72. The molecule has 0 saturated heterocycles. The van der Waals surface area contributed by atoms with Gasteiger partial charge in [-0.15, -0.1) is 0 Å². The molecule has 0 aromatic rings. The van der Waals surface area contributed by atoms with Gasteiger partial charge in [-0.1, -0.05) is 27.2 Å². The van der Waals surface area contributed by atoms with Crippen LogP contribution in [0, 0.1) is 0 Å². The Labute approximate surface area is 73.0 Å². The third kappa shape index (κ3) is 169. The molecule has 0 unspecified atom stereocenters. The van der Waals surface area contributed by atoms with Crippen molar-refractivity contribution in [1.29, 1.82) is 0 Å². The summed E-state index contributed by atoms with van der Waals surface area (Å²) in [6, 6.07) is 0. The monoisotopic (exact) mass is 162 g/mol. The van der Waals surface area contributed by atoms with Crippen molar-refractivity contribution in [3.05, 3.63) is 0 Å². The van der Waals surface area contributed by atoms with E-state index in [4.69, 9.17) is 0 Å². The Bertz CT molecular complexity index is 34.5. The molecule has 0 aliphatic rings. The normalized spacial score (nSPS) is 7.64. The lowest BCUT2D eigenvalue weighted by atomic mass is 10.6. The molecule has 11 heavy (non-hydrogen) atoms. The van der Waals surface area contributed by atoms with E-state index in [2.05, 4.69) is 45.1 Å². The smallest absolute Gasteiger partial charge is 0.00533 e. The fourth-order valence-corrected chi connectivity index (χ4v) is 0. The van der Waals surface area contributed by atoms with Crippen molar-refractivity contribution >= 4 is 0 Å². The summed E-state index contributed by atoms with van der Waals surface area (Å²) in [7, 11) is 7.86. The maximum atomic E-state index is 2.75. The summed E-state index contributed by atoms with van der Waals surface area (Å²) in [5.74, 6) is 0. The summed E-state index contributed by atoms with van der Waals surface area (Å²) in [6.07, 6.45) is 1.25. The minimum absolute atomic E-state index is 1.14. The molecule has 0 fully saturated rings. The highest BCUT2D eigenvalue weighted by molar-refractivity contribution is 4.25. The first-order valence-electron chi connectivity index (χ1n) is 4.33. The van der Waals surface area contributed by atoms with Gasteiger partial charge in [0, 0.05) is 0 Å². The third-order valence-corrected chi connectivity index (χ3v) is 0.632. The molecule has 1 N–H and O–H groups in total. The minimum atomic E-state index is 1.14. The average molecular weight is 162 g/mol. The molecule has 72 valence electrons. The van der Waals surface area contributed by atoms with Crippen LogP contribution in [0.1, 0.15) is 27.2 Å². The molecule has 2 heteroatoms. The lowest BCUT2D eigenvalue weighted by Crippen LogP contribution is -2.08. The molecule has 0 aromatic heterocycles. The molecule has 0 aliphatic heterocycles. The lowest BCUT2D eigenvalue weighted by Gasteiger charge is -2.00. The summed E-state index contributed by atoms with van der Waals surface area (Å²) >= 11 is 0. The summed E-state index contributed by atoms with van der Waals surface area (Å²) in [5.41, 5.74) is 0. The van der Waals surface area contributed by atoms with Crippen molar-refractivity contribution in [3.63, 3.8) is 0 Å². The third-order valence-electron chi connectivity index (χ3n) is 0.632. The van der Waals surface area contributed by atoms with Crippen molar-refractivity contribution in [2.24, 2.45) is 0 Å². The molecule has 0 bridgehead atoms. The van der Waals surface area contributed by atoms with Crippen molar-refractivity contribution < 1.29 is 0 Å². The topological polar surface area (TPSA) is 15.3 Å². The number of nitrogens with zero attached hydrogens (tertiary/aromatic N) is 1. The Morgan fingerprint density at radius 1 is 1.00 bits per heavy atom. The highest BCUT2D eigenvalue weighted by atomic mass is 15.0. The molecular formula is C9H26N2. The van der Waals surface area contributed by atoms with Crippen molar-refractivity contribution in [2.45, 2.75) is 27.2 Å². The van der Waals surface area contributed by atoms with E-state index in [-0.39, 0.29) is 0 Å². The first-order chi connectivity index (χ1) is 5.10. The second kappa shape index (κ2) is 22.5. The van der Waals surface area contributed by atoms with Gasteiger partial charge < -0.3 is 10.2 Å². The zero-order valence-electron chi connectivity index (χ0n) is 9.36. The Kier molecular flexibility index (Phi) is 35.1. The lowest BCUT2D eigenvalue weighted by molar-refractivity contribution is 0.434. The molecule has 0 atom stereocenters. The van der Waals surface area contributed by atoms with E-state index < -0.39 is 0 Å². The Hall–Kier alpha value is -0.0800. The molecule has 0 spiro atoms. The van der Waals surface area contributed by atoms with E-state index in [1.54, 1.807) is 0 Å². The van der Waals surface area contributed by atoms with Gasteiger partial charge in [0.25, 0.3) is 0 Å². The maximum Gasteiger partial charge on any atom is -0.00533 e. The van der Waals surface area contributed by atoms with Crippen molar-refractivity contribution in [3.8, 4) is 0 Å². The fraction of sp³-hybridized carbons (Fsp3) is 1.00. The predicted octanol–water partition coefficient (Wildman–Crippen LogP) is 1.82. The summed E-state index contributed by atoms with van der Waals surface area (Å²) in [5, 5.41) is 2.75. The van der Waals surface area contributed by atoms with Gasteiger partial charge in [0.15, 0.2) is 0 Å². The van der Waals surface area contributed by atoms with E-state index in [0.717, 1.165) is 6.54 Å². The van der Waals surface area contributed by atoms with Crippen LogP contribution in [0.15, 0.2) is 0 Å². The van der Waals surface area contributed by atoms with Crippen LogP contribution in [0.2, 0.25) is 0 Å². The predicted molar refractivity (Wildman–Crippen MR) is 55.2 cm³/mol. The minimum Gasteiger partial charge on any atom is -0.323 e. The maximum absolute atomic E-state index is 2.75. The van der Waals surface area contributed by atoms with Crippen molar-refractivity contribution in [1.82, 2.24) is 10.2 Å². The van der Waals surface area contributed by atoms with Gasteiger partial charge >= 0.3 is 0 Å². The second-order valence-electron chi connectivity index (χ2n) is 2.60. The SMILES string of the molecule is CCC.CCN(C)C.CNC. The van der Waals surface area contributed by atoms with Gasteiger partial charge in [0.05, 0.1) is 0 Å². The van der Waals surface area contributed by atoms with E-state index in [9.17, 15) is 0 Å². The standard InChI is InChI=1S/C4H11N.C3H8.C2H7N/c1-4-5(2)3;2*1-3-2/h4H2,1-3H3;3H2,1-2H3;3H,1-2H3. The zero-order valence-corrected chi connectivity index (χ0v) is 9.36. The summed E-state index contributed by atoms with van der Waals surface area (Å²) < 4.78 is 0. The number of nitrogens with one attached hydrogen (secondary N) is 1. The molecule has 0 radical (unpaired) electrons. The Morgan fingerprint density at radius 3 is 1.09 bits per heavy atom. The first-order valence-corrected chi connectivity index (χ1v) is 4.33. The van der Waals surface area contributed by atoms with Gasteiger partial charge in [-0.05, 0) is 34.7 Å². The Balaban J connectivity index is -0.0000000933. The van der Waals surface area contributed by atoms with Crippen LogP contribution in [0.3, 0.4) is 0 Å². The number of rotatable bonds is 1. The zero-order chi connectivity index (χ0) is 9.70. The molecule has 0 heterocycles. The van der Waals surface area contributed by atoms with Gasteiger partial charge in [0.2, 0.25) is 0 Å². The molecule has 0 aliphatic carbocycles. The van der Waals surface area contributed by atoms with Crippen LogP contribution in [-0.2, 0) is 0 Å². The average Bonchev–Trinajstić information content (AvgIpc) is 1.91. The summed E-state index contributed by atoms with van der Waals surface area (Å²) in [6.45, 7) is 7.51. The van der Waals surface area contributed by atoms with E-state index >= 15 is 0 Å². The molecule has 0 saturated carbocycles. The van der Waals surface area contributed by atoms with Crippen LogP contribution in [0.25, 0.3) is 0 Å². The highest BCUT2D eigenvalue weighted by Crippen LogP contribution is 1.63. The van der Waals surface area contributed by atoms with E-state index in [1.165, 1.54) is 6.42 Å². The van der Waals surface area contributed by atoms with Crippen LogP contribution in [0.5, 0.6) is 0 Å². The van der Waals surface area contributed by atoms with Crippen molar-refractivity contribution in [2.75, 3.05) is 34.7 Å². The van der Waals surface area contributed by atoms with Crippen LogP contribution >= 0.6 is 0 Å². The number of hydrogen-bond donors (Lipinski definition) is 1. The van der Waals surface area contributed by atoms with Crippen LogP contribution in [0.4, 0.5) is 0 Å². The summed E-state index contributed by atoms with van der Waals surface area (Å²) in [4.78, 5) is 2.12. The first kappa shape index (κ1) is 17.1. The molecule has 0 rings (SSSR count). The molecule has 0 amide bonds.